The standard InChI is InChI=1S/C14H21FN2O2S/c1-17(2)20(18,19)8-7-16-14-9-12(10-14)11-3-5-13(15)6-4-11/h3-6,12,14,16H,7-10H2,1-2H3. The molecule has 0 unspecified atom stereocenters. The van der Waals surface area contributed by atoms with Crippen molar-refractivity contribution in [2.75, 3.05) is 26.4 Å². The first-order valence-corrected chi connectivity index (χ1v) is 8.38. The lowest BCUT2D eigenvalue weighted by atomic mass is 9.76. The molecule has 0 radical (unpaired) electrons. The van der Waals surface area contributed by atoms with Gasteiger partial charge in [0.15, 0.2) is 0 Å². The zero-order valence-electron chi connectivity index (χ0n) is 11.8. The minimum atomic E-state index is -3.12. The quantitative estimate of drug-likeness (QED) is 0.867. The largest absolute Gasteiger partial charge is 0.313 e. The average molecular weight is 300 g/mol. The molecule has 1 N–H and O–H groups in total. The second-order valence-electron chi connectivity index (χ2n) is 5.47. The molecule has 6 heteroatoms. The molecule has 1 aromatic rings. The van der Waals surface area contributed by atoms with Crippen LogP contribution in [0.5, 0.6) is 0 Å². The Hall–Kier alpha value is -0.980. The number of hydrogen-bond acceptors (Lipinski definition) is 3. The Morgan fingerprint density at radius 1 is 1.25 bits per heavy atom. The van der Waals surface area contributed by atoms with Gasteiger partial charge in [-0.15, -0.1) is 0 Å². The van der Waals surface area contributed by atoms with Gasteiger partial charge in [-0.25, -0.2) is 17.1 Å². The van der Waals surface area contributed by atoms with E-state index in [1.165, 1.54) is 16.4 Å². The van der Waals surface area contributed by atoms with Crippen molar-refractivity contribution in [3.05, 3.63) is 35.6 Å². The fourth-order valence-corrected chi connectivity index (χ4v) is 3.11. The number of halogens is 1. The molecule has 0 saturated heterocycles. The lowest BCUT2D eigenvalue weighted by Crippen LogP contribution is -2.43. The monoisotopic (exact) mass is 300 g/mol. The van der Waals surface area contributed by atoms with Gasteiger partial charge in [0.1, 0.15) is 5.82 Å². The van der Waals surface area contributed by atoms with Crippen LogP contribution >= 0.6 is 0 Å². The van der Waals surface area contributed by atoms with Crippen molar-refractivity contribution in [1.82, 2.24) is 9.62 Å². The Balaban J connectivity index is 1.71. The van der Waals surface area contributed by atoms with E-state index in [4.69, 9.17) is 0 Å². The minimum absolute atomic E-state index is 0.123. The molecule has 1 aromatic carbocycles. The summed E-state index contributed by atoms with van der Waals surface area (Å²) in [5, 5.41) is 3.26. The molecule has 0 aliphatic heterocycles. The van der Waals surface area contributed by atoms with E-state index in [0.717, 1.165) is 18.4 Å². The fraction of sp³-hybridized carbons (Fsp3) is 0.571. The molecule has 4 nitrogen and oxygen atoms in total. The molecule has 0 aromatic heterocycles. The summed E-state index contributed by atoms with van der Waals surface area (Å²) in [5.41, 5.74) is 1.16. The van der Waals surface area contributed by atoms with E-state index in [0.29, 0.717) is 18.5 Å². The highest BCUT2D eigenvalue weighted by molar-refractivity contribution is 7.89. The molecule has 0 spiro atoms. The molecule has 1 fully saturated rings. The zero-order valence-corrected chi connectivity index (χ0v) is 12.7. The minimum Gasteiger partial charge on any atom is -0.313 e. The first-order valence-electron chi connectivity index (χ1n) is 6.77. The van der Waals surface area contributed by atoms with E-state index < -0.39 is 10.0 Å². The van der Waals surface area contributed by atoms with Gasteiger partial charge in [-0.3, -0.25) is 0 Å². The highest BCUT2D eigenvalue weighted by Crippen LogP contribution is 2.36. The van der Waals surface area contributed by atoms with Gasteiger partial charge < -0.3 is 5.32 Å². The Kier molecular flexibility index (Phi) is 4.78. The van der Waals surface area contributed by atoms with Crippen molar-refractivity contribution in [2.24, 2.45) is 0 Å². The molecular weight excluding hydrogens is 279 g/mol. The third kappa shape index (κ3) is 3.77. The smallest absolute Gasteiger partial charge is 0.214 e. The van der Waals surface area contributed by atoms with Crippen LogP contribution in [0.2, 0.25) is 0 Å². The average Bonchev–Trinajstić information content (AvgIpc) is 2.33. The molecule has 112 valence electrons. The fourth-order valence-electron chi connectivity index (χ4n) is 2.37. The number of nitrogens with one attached hydrogen (secondary N) is 1. The van der Waals surface area contributed by atoms with Crippen LogP contribution in [0.3, 0.4) is 0 Å². The van der Waals surface area contributed by atoms with E-state index in [2.05, 4.69) is 5.32 Å². The Labute approximate surface area is 120 Å². The van der Waals surface area contributed by atoms with Crippen molar-refractivity contribution in [2.45, 2.75) is 24.8 Å². The summed E-state index contributed by atoms with van der Waals surface area (Å²) in [7, 11) is -0.0295. The topological polar surface area (TPSA) is 49.4 Å². The van der Waals surface area contributed by atoms with Crippen LogP contribution in [0.4, 0.5) is 4.39 Å². The number of rotatable bonds is 6. The van der Waals surface area contributed by atoms with Crippen LogP contribution in [0.1, 0.15) is 24.3 Å². The molecule has 1 aliphatic rings. The molecule has 0 heterocycles. The summed E-state index contributed by atoms with van der Waals surface area (Å²) < 4.78 is 37.2. The van der Waals surface area contributed by atoms with Gasteiger partial charge in [0, 0.05) is 26.7 Å². The summed E-state index contributed by atoms with van der Waals surface area (Å²) in [6.07, 6.45) is 1.96. The summed E-state index contributed by atoms with van der Waals surface area (Å²) in [6, 6.07) is 6.99. The highest BCUT2D eigenvalue weighted by Gasteiger charge is 2.30. The Bertz CT molecular complexity index is 537. The van der Waals surface area contributed by atoms with E-state index in [1.807, 2.05) is 12.1 Å². The molecule has 1 saturated carbocycles. The van der Waals surface area contributed by atoms with Gasteiger partial charge >= 0.3 is 0 Å². The van der Waals surface area contributed by atoms with Crippen LogP contribution in [0.25, 0.3) is 0 Å². The molecule has 0 amide bonds. The summed E-state index contributed by atoms with van der Waals surface area (Å²) in [6.45, 7) is 0.474. The number of benzene rings is 1. The first kappa shape index (κ1) is 15.4. The Morgan fingerprint density at radius 2 is 1.85 bits per heavy atom. The van der Waals surface area contributed by atoms with Crippen LogP contribution in [-0.2, 0) is 10.0 Å². The van der Waals surface area contributed by atoms with Crippen LogP contribution < -0.4 is 5.32 Å². The van der Waals surface area contributed by atoms with Crippen molar-refractivity contribution in [3.8, 4) is 0 Å². The van der Waals surface area contributed by atoms with Crippen molar-refractivity contribution in [3.63, 3.8) is 0 Å². The van der Waals surface area contributed by atoms with Gasteiger partial charge in [0.05, 0.1) is 5.75 Å². The maximum Gasteiger partial charge on any atom is 0.214 e. The maximum atomic E-state index is 12.8. The van der Waals surface area contributed by atoms with Gasteiger partial charge in [-0.1, -0.05) is 12.1 Å². The second kappa shape index (κ2) is 6.20. The second-order valence-corrected chi connectivity index (χ2v) is 7.77. The number of sulfonamides is 1. The van der Waals surface area contributed by atoms with Crippen LogP contribution in [0, 0.1) is 5.82 Å². The number of hydrogen-bond donors (Lipinski definition) is 1. The number of nitrogens with zero attached hydrogens (tertiary/aromatic N) is 1. The SMILES string of the molecule is CN(C)S(=O)(=O)CCNC1CC(c2ccc(F)cc2)C1. The van der Waals surface area contributed by atoms with Crippen molar-refractivity contribution in [1.29, 1.82) is 0 Å². The summed E-state index contributed by atoms with van der Waals surface area (Å²) in [5.74, 6) is 0.368. The van der Waals surface area contributed by atoms with E-state index in [9.17, 15) is 12.8 Å². The van der Waals surface area contributed by atoms with Crippen molar-refractivity contribution >= 4 is 10.0 Å². The molecule has 1 aliphatic carbocycles. The third-order valence-corrected chi connectivity index (χ3v) is 5.66. The third-order valence-electron chi connectivity index (χ3n) is 3.83. The molecule has 20 heavy (non-hydrogen) atoms. The predicted molar refractivity (Wildman–Crippen MR) is 77.6 cm³/mol. The van der Waals surface area contributed by atoms with Crippen LogP contribution in [0.15, 0.2) is 24.3 Å². The maximum absolute atomic E-state index is 12.8. The zero-order chi connectivity index (χ0) is 14.8. The van der Waals surface area contributed by atoms with Crippen molar-refractivity contribution < 1.29 is 12.8 Å². The lowest BCUT2D eigenvalue weighted by Gasteiger charge is -2.36. The molecule has 0 bridgehead atoms. The van der Waals surface area contributed by atoms with E-state index in [-0.39, 0.29) is 11.6 Å². The normalized spacial score (nSPS) is 22.8. The highest BCUT2D eigenvalue weighted by atomic mass is 32.2. The summed E-state index contributed by atoms with van der Waals surface area (Å²) in [4.78, 5) is 0. The predicted octanol–water partition coefficient (Wildman–Crippen LogP) is 1.55. The first-order chi connectivity index (χ1) is 9.38. The van der Waals surface area contributed by atoms with Gasteiger partial charge in [0.25, 0.3) is 0 Å². The molecular formula is C14H21FN2O2S. The molecule has 0 atom stereocenters. The van der Waals surface area contributed by atoms with Gasteiger partial charge in [0.2, 0.25) is 10.0 Å². The van der Waals surface area contributed by atoms with Gasteiger partial charge in [-0.2, -0.15) is 0 Å². The molecule has 2 rings (SSSR count). The Morgan fingerprint density at radius 3 is 2.40 bits per heavy atom. The van der Waals surface area contributed by atoms with Crippen LogP contribution in [-0.4, -0.2) is 45.2 Å². The lowest BCUT2D eigenvalue weighted by molar-refractivity contribution is 0.295. The van der Waals surface area contributed by atoms with E-state index >= 15 is 0 Å². The summed E-state index contributed by atoms with van der Waals surface area (Å²) >= 11 is 0. The van der Waals surface area contributed by atoms with E-state index in [1.54, 1.807) is 14.1 Å². The van der Waals surface area contributed by atoms with Gasteiger partial charge in [-0.05, 0) is 36.5 Å².